The Hall–Kier alpha value is -2.73. The van der Waals surface area contributed by atoms with Gasteiger partial charge in [0.25, 0.3) is 0 Å². The van der Waals surface area contributed by atoms with E-state index in [1.165, 1.54) is 6.04 Å². The van der Waals surface area contributed by atoms with Crippen LogP contribution in [0.15, 0.2) is 51.4 Å². The molecular formula is C27H39N3O2Si. The van der Waals surface area contributed by atoms with E-state index in [1.54, 1.807) is 30.8 Å². The van der Waals surface area contributed by atoms with E-state index in [4.69, 9.17) is 0 Å². The highest BCUT2D eigenvalue weighted by Crippen LogP contribution is 2.29. The first-order valence-electron chi connectivity index (χ1n) is 11.6. The third-order valence-electron chi connectivity index (χ3n) is 5.23. The van der Waals surface area contributed by atoms with Gasteiger partial charge in [0.05, 0.1) is 13.1 Å². The number of aliphatic imine (C=N–C) groups is 3. The molecule has 0 spiro atoms. The molecule has 178 valence electrons. The van der Waals surface area contributed by atoms with Crippen LogP contribution < -0.4 is 0 Å². The number of rotatable bonds is 10. The molecule has 0 heterocycles. The van der Waals surface area contributed by atoms with E-state index < -0.39 is 8.07 Å². The summed E-state index contributed by atoms with van der Waals surface area (Å²) in [7, 11) is -1.05. The van der Waals surface area contributed by atoms with E-state index in [-0.39, 0.29) is 16.9 Å². The zero-order chi connectivity index (χ0) is 24.5. The van der Waals surface area contributed by atoms with E-state index in [2.05, 4.69) is 55.4 Å². The van der Waals surface area contributed by atoms with Crippen LogP contribution in [0, 0.1) is 0 Å². The highest BCUT2D eigenvalue weighted by molar-refractivity contribution is 6.76. The molecule has 0 aromatic heterocycles. The molecule has 2 N–H and O–H groups in total. The molecule has 0 aliphatic rings. The second kappa shape index (κ2) is 11.9. The second-order valence-corrected chi connectivity index (χ2v) is 16.2. The minimum atomic E-state index is -1.05. The maximum absolute atomic E-state index is 10.8. The van der Waals surface area contributed by atoms with Crippen LogP contribution in [0.5, 0.6) is 11.5 Å². The lowest BCUT2D eigenvalue weighted by Crippen LogP contribution is -2.19. The number of hydrogen-bond acceptors (Lipinski definition) is 5. The number of benzene rings is 2. The minimum Gasteiger partial charge on any atom is -0.507 e. The molecule has 0 radical (unpaired) electrons. The van der Waals surface area contributed by atoms with Crippen molar-refractivity contribution in [1.82, 2.24) is 0 Å². The largest absolute Gasteiger partial charge is 0.507 e. The predicted octanol–water partition coefficient (Wildman–Crippen LogP) is 6.08. The summed E-state index contributed by atoms with van der Waals surface area (Å²) >= 11 is 0. The molecule has 0 bridgehead atoms. The van der Waals surface area contributed by atoms with E-state index in [1.807, 2.05) is 24.3 Å². The van der Waals surface area contributed by atoms with Gasteiger partial charge in [0, 0.05) is 50.0 Å². The summed E-state index contributed by atoms with van der Waals surface area (Å²) < 4.78 is 0. The molecule has 0 fully saturated rings. The minimum absolute atomic E-state index is 0.0569. The van der Waals surface area contributed by atoms with Gasteiger partial charge in [-0.05, 0) is 41.7 Å². The van der Waals surface area contributed by atoms with Crippen LogP contribution in [0.25, 0.3) is 0 Å². The summed E-state index contributed by atoms with van der Waals surface area (Å²) in [6.45, 7) is 15.4. The molecule has 0 atom stereocenters. The van der Waals surface area contributed by atoms with Gasteiger partial charge in [-0.3, -0.25) is 15.0 Å². The van der Waals surface area contributed by atoms with Crippen molar-refractivity contribution in [3.63, 3.8) is 0 Å². The van der Waals surface area contributed by atoms with Crippen LogP contribution in [0.1, 0.15) is 49.4 Å². The fourth-order valence-corrected chi connectivity index (χ4v) is 4.43. The second-order valence-electron chi connectivity index (χ2n) is 10.6. The van der Waals surface area contributed by atoms with Crippen LogP contribution >= 0.6 is 0 Å². The van der Waals surface area contributed by atoms with Gasteiger partial charge in [-0.25, -0.2) is 0 Å². The van der Waals surface area contributed by atoms with E-state index in [9.17, 15) is 10.2 Å². The SMILES string of the molecule is CC(C)(C)c1cc(C=NCCC[Si](C)(C)C)c(O)c(C=NCCN=Cc2ccccc2O)c1. The van der Waals surface area contributed by atoms with Crippen LogP contribution in [0.2, 0.25) is 25.7 Å². The zero-order valence-corrected chi connectivity index (χ0v) is 22.0. The molecule has 2 aromatic carbocycles. The van der Waals surface area contributed by atoms with Gasteiger partial charge < -0.3 is 10.2 Å². The average Bonchev–Trinajstić information content (AvgIpc) is 2.71. The molecule has 0 saturated carbocycles. The Bertz CT molecular complexity index is 999. The van der Waals surface area contributed by atoms with E-state index >= 15 is 0 Å². The third kappa shape index (κ3) is 9.34. The number of aromatic hydroxyl groups is 2. The fraction of sp³-hybridized carbons (Fsp3) is 0.444. The molecule has 5 nitrogen and oxygen atoms in total. The summed E-state index contributed by atoms with van der Waals surface area (Å²) in [5, 5.41) is 20.6. The van der Waals surface area contributed by atoms with Crippen molar-refractivity contribution < 1.29 is 10.2 Å². The third-order valence-corrected chi connectivity index (χ3v) is 7.09. The lowest BCUT2D eigenvalue weighted by atomic mass is 9.85. The molecule has 0 aliphatic heterocycles. The molecule has 6 heteroatoms. The number of nitrogens with zero attached hydrogens (tertiary/aromatic N) is 3. The molecule has 0 saturated heterocycles. The summed E-state index contributed by atoms with van der Waals surface area (Å²) in [4.78, 5) is 13.4. The van der Waals surface area contributed by atoms with Crippen molar-refractivity contribution in [2.45, 2.75) is 58.3 Å². The maximum atomic E-state index is 10.8. The molecular weight excluding hydrogens is 426 g/mol. The zero-order valence-electron chi connectivity index (χ0n) is 21.0. The molecule has 2 aromatic rings. The first-order valence-corrected chi connectivity index (χ1v) is 15.3. The van der Waals surface area contributed by atoms with Crippen LogP contribution in [-0.4, -0.2) is 56.6 Å². The van der Waals surface area contributed by atoms with Gasteiger partial charge in [0.2, 0.25) is 0 Å². The Morgan fingerprint density at radius 2 is 1.30 bits per heavy atom. The Morgan fingerprint density at radius 1 is 0.788 bits per heavy atom. The monoisotopic (exact) mass is 465 g/mol. The van der Waals surface area contributed by atoms with Gasteiger partial charge in [-0.2, -0.15) is 0 Å². The number of phenolic OH excluding ortho intramolecular Hbond substituents is 2. The van der Waals surface area contributed by atoms with Crippen molar-refractivity contribution in [2.75, 3.05) is 19.6 Å². The van der Waals surface area contributed by atoms with Crippen molar-refractivity contribution in [3.8, 4) is 11.5 Å². The molecule has 0 aliphatic carbocycles. The Labute approximate surface area is 200 Å². The number of phenols is 2. The molecule has 0 unspecified atom stereocenters. The summed E-state index contributed by atoms with van der Waals surface area (Å²) in [6.07, 6.45) is 6.24. The standard InChI is InChI=1S/C27H39N3O2Si/c1-27(2,3)24-16-22(19-28-12-9-15-33(4,5)6)26(32)23(17-24)20-30-14-13-29-18-21-10-7-8-11-25(21)31/h7-8,10-11,16-20,31-32H,9,12-15H2,1-6H3. The lowest BCUT2D eigenvalue weighted by molar-refractivity contribution is 0.472. The van der Waals surface area contributed by atoms with Gasteiger partial charge in [-0.1, -0.05) is 58.6 Å². The molecule has 33 heavy (non-hydrogen) atoms. The highest BCUT2D eigenvalue weighted by Gasteiger charge is 2.17. The first-order chi connectivity index (χ1) is 15.5. The number of hydrogen-bond donors (Lipinski definition) is 2. The highest BCUT2D eigenvalue weighted by atomic mass is 28.3. The van der Waals surface area contributed by atoms with Crippen molar-refractivity contribution in [1.29, 1.82) is 0 Å². The number of para-hydroxylation sites is 1. The first kappa shape index (κ1) is 26.5. The van der Waals surface area contributed by atoms with Crippen molar-refractivity contribution in [2.24, 2.45) is 15.0 Å². The summed E-state index contributed by atoms with van der Waals surface area (Å²) in [6, 6.07) is 12.4. The van der Waals surface area contributed by atoms with E-state index in [0.29, 0.717) is 24.2 Å². The predicted molar refractivity (Wildman–Crippen MR) is 145 cm³/mol. The Balaban J connectivity index is 2.08. The van der Waals surface area contributed by atoms with Gasteiger partial charge in [0.15, 0.2) is 0 Å². The van der Waals surface area contributed by atoms with Crippen molar-refractivity contribution >= 4 is 26.7 Å². The van der Waals surface area contributed by atoms with Crippen LogP contribution in [-0.2, 0) is 5.41 Å². The lowest BCUT2D eigenvalue weighted by Gasteiger charge is -2.21. The normalized spacial score (nSPS) is 13.0. The van der Waals surface area contributed by atoms with Gasteiger partial charge in [0.1, 0.15) is 11.5 Å². The van der Waals surface area contributed by atoms with Crippen molar-refractivity contribution in [3.05, 3.63) is 58.7 Å². The van der Waals surface area contributed by atoms with Crippen LogP contribution in [0.3, 0.4) is 0 Å². The summed E-state index contributed by atoms with van der Waals surface area (Å²) in [5.74, 6) is 0.418. The van der Waals surface area contributed by atoms with Crippen LogP contribution in [0.4, 0.5) is 0 Å². The molecule has 2 rings (SSSR count). The van der Waals surface area contributed by atoms with E-state index in [0.717, 1.165) is 24.1 Å². The summed E-state index contributed by atoms with van der Waals surface area (Å²) in [5.41, 5.74) is 3.18. The maximum Gasteiger partial charge on any atom is 0.133 e. The topological polar surface area (TPSA) is 77.5 Å². The average molecular weight is 466 g/mol. The van der Waals surface area contributed by atoms with Gasteiger partial charge in [-0.15, -0.1) is 0 Å². The quantitative estimate of drug-likeness (QED) is 0.253. The Kier molecular flexibility index (Phi) is 9.59. The Morgan fingerprint density at radius 3 is 1.82 bits per heavy atom. The molecule has 0 amide bonds. The van der Waals surface area contributed by atoms with Gasteiger partial charge >= 0.3 is 0 Å². The smallest absolute Gasteiger partial charge is 0.133 e. The fourth-order valence-electron chi connectivity index (χ4n) is 3.21.